The molecule has 0 atom stereocenters. The lowest BCUT2D eigenvalue weighted by atomic mass is 10.1. The lowest BCUT2D eigenvalue weighted by molar-refractivity contribution is -0.112. The average molecular weight is 652 g/mol. The number of carbonyl (C=O) groups excluding carboxylic acids is 1. The lowest BCUT2D eigenvalue weighted by Gasteiger charge is -2.12. The van der Waals surface area contributed by atoms with Gasteiger partial charge >= 0.3 is 0 Å². The van der Waals surface area contributed by atoms with Crippen LogP contribution in [0.2, 0.25) is 5.02 Å². The van der Waals surface area contributed by atoms with Gasteiger partial charge in [-0.05, 0) is 105 Å². The number of rotatable bonds is 6. The largest absolute Gasteiger partial charge is 0.487 e. The van der Waals surface area contributed by atoms with Crippen molar-refractivity contribution in [2.24, 2.45) is 0 Å². The molecular formula is C25H17BrClIN2O4. The van der Waals surface area contributed by atoms with Crippen molar-refractivity contribution in [3.05, 3.63) is 83.9 Å². The summed E-state index contributed by atoms with van der Waals surface area (Å²) in [4.78, 5) is 12.6. The van der Waals surface area contributed by atoms with Crippen LogP contribution >= 0.6 is 50.1 Å². The lowest BCUT2D eigenvalue weighted by Crippen LogP contribution is -2.13. The highest BCUT2D eigenvalue weighted by Gasteiger charge is 2.15. The third kappa shape index (κ3) is 5.66. The Hall–Kier alpha value is -2.74. The van der Waals surface area contributed by atoms with Gasteiger partial charge in [-0.25, -0.2) is 0 Å². The number of aryl methyl sites for hydroxylation is 1. The molecule has 1 aliphatic heterocycles. The first-order chi connectivity index (χ1) is 16.3. The number of carbonyl (C=O) groups is 1. The Bertz CT molecular complexity index is 1330. The summed E-state index contributed by atoms with van der Waals surface area (Å²) < 4.78 is 18.3. The van der Waals surface area contributed by atoms with E-state index in [0.29, 0.717) is 38.9 Å². The van der Waals surface area contributed by atoms with E-state index in [-0.39, 0.29) is 12.4 Å². The summed E-state index contributed by atoms with van der Waals surface area (Å²) in [5.74, 6) is 1.56. The number of anilines is 1. The van der Waals surface area contributed by atoms with Crippen LogP contribution in [0.25, 0.3) is 6.08 Å². The highest BCUT2D eigenvalue weighted by Crippen LogP contribution is 2.35. The fourth-order valence-electron chi connectivity index (χ4n) is 3.17. The van der Waals surface area contributed by atoms with Crippen LogP contribution in [0.4, 0.5) is 5.69 Å². The van der Waals surface area contributed by atoms with Crippen LogP contribution in [0.3, 0.4) is 0 Å². The first-order valence-electron chi connectivity index (χ1n) is 10.0. The van der Waals surface area contributed by atoms with Crippen molar-refractivity contribution in [3.63, 3.8) is 0 Å². The van der Waals surface area contributed by atoms with E-state index in [2.05, 4.69) is 43.8 Å². The van der Waals surface area contributed by atoms with Crippen LogP contribution in [0.5, 0.6) is 17.2 Å². The summed E-state index contributed by atoms with van der Waals surface area (Å²) >= 11 is 11.8. The number of hydrogen-bond acceptors (Lipinski definition) is 5. The molecule has 0 unspecified atom stereocenters. The predicted molar refractivity (Wildman–Crippen MR) is 142 cm³/mol. The van der Waals surface area contributed by atoms with Gasteiger partial charge in [0, 0.05) is 10.7 Å². The zero-order valence-electron chi connectivity index (χ0n) is 17.8. The van der Waals surface area contributed by atoms with Gasteiger partial charge in [-0.3, -0.25) is 4.79 Å². The van der Waals surface area contributed by atoms with Crippen LogP contribution in [0, 0.1) is 21.8 Å². The quantitative estimate of drug-likeness (QED) is 0.179. The second-order valence-corrected chi connectivity index (χ2v) is 9.80. The number of amides is 1. The molecule has 172 valence electrons. The Morgan fingerprint density at radius 3 is 2.76 bits per heavy atom. The van der Waals surface area contributed by atoms with Gasteiger partial charge in [-0.1, -0.05) is 23.7 Å². The molecule has 1 N–H and O–H groups in total. The summed E-state index contributed by atoms with van der Waals surface area (Å²) in [5.41, 5.74) is 3.00. The summed E-state index contributed by atoms with van der Waals surface area (Å²) in [7, 11) is 0. The monoisotopic (exact) mass is 650 g/mol. The number of ether oxygens (including phenoxy) is 3. The molecule has 0 bridgehead atoms. The molecule has 1 aliphatic rings. The molecule has 3 aromatic carbocycles. The van der Waals surface area contributed by atoms with E-state index in [0.717, 1.165) is 20.4 Å². The van der Waals surface area contributed by atoms with Crippen LogP contribution in [-0.2, 0) is 11.4 Å². The molecular weight excluding hydrogens is 635 g/mol. The molecule has 4 rings (SSSR count). The van der Waals surface area contributed by atoms with Gasteiger partial charge in [0.05, 0.1) is 8.04 Å². The third-order valence-corrected chi connectivity index (χ3v) is 6.74. The topological polar surface area (TPSA) is 80.6 Å². The number of benzene rings is 3. The molecule has 0 spiro atoms. The Kier molecular flexibility index (Phi) is 7.66. The fourth-order valence-corrected chi connectivity index (χ4v) is 5.12. The van der Waals surface area contributed by atoms with Gasteiger partial charge in [0.25, 0.3) is 5.91 Å². The van der Waals surface area contributed by atoms with Gasteiger partial charge in [0.2, 0.25) is 6.79 Å². The Morgan fingerprint density at radius 1 is 1.24 bits per heavy atom. The van der Waals surface area contributed by atoms with E-state index in [9.17, 15) is 10.1 Å². The Morgan fingerprint density at radius 2 is 2.03 bits per heavy atom. The summed E-state index contributed by atoms with van der Waals surface area (Å²) in [6, 6.07) is 16.4. The fraction of sp³-hybridized carbons (Fsp3) is 0.120. The third-order valence-electron chi connectivity index (χ3n) is 4.95. The van der Waals surface area contributed by atoms with Crippen molar-refractivity contribution in [1.29, 1.82) is 5.26 Å². The first kappa shape index (κ1) is 24.4. The standard InChI is InChI=1S/C25H17BrClIN2O4/c1-14-2-4-18(10-20(14)27)30-25(31)17(11-29)6-16-7-19(26)24(21(28)8-16)32-12-15-3-5-22-23(9-15)34-13-33-22/h2-10H,12-13H2,1H3,(H,30,31)/b17-6-. The molecule has 1 heterocycles. The SMILES string of the molecule is Cc1ccc(NC(=O)/C(C#N)=C\c2cc(Br)c(OCc3ccc4c(c3)OCO4)c(I)c2)cc1Cl. The molecule has 9 heteroatoms. The molecule has 1 amide bonds. The van der Waals surface area contributed by atoms with Crippen molar-refractivity contribution in [2.45, 2.75) is 13.5 Å². The molecule has 3 aromatic rings. The number of halogens is 3. The molecule has 0 saturated heterocycles. The first-order valence-corrected chi connectivity index (χ1v) is 12.3. The number of nitriles is 1. The van der Waals surface area contributed by atoms with Crippen LogP contribution in [-0.4, -0.2) is 12.7 Å². The maximum Gasteiger partial charge on any atom is 0.266 e. The molecule has 6 nitrogen and oxygen atoms in total. The van der Waals surface area contributed by atoms with Gasteiger partial charge in [0.15, 0.2) is 11.5 Å². The average Bonchev–Trinajstić information content (AvgIpc) is 3.27. The minimum atomic E-state index is -0.517. The highest BCUT2D eigenvalue weighted by atomic mass is 127. The summed E-state index contributed by atoms with van der Waals surface area (Å²) in [6.45, 7) is 2.43. The van der Waals surface area contributed by atoms with E-state index in [1.807, 2.05) is 37.3 Å². The van der Waals surface area contributed by atoms with E-state index in [1.54, 1.807) is 24.3 Å². The van der Waals surface area contributed by atoms with Crippen molar-refractivity contribution in [3.8, 4) is 23.3 Å². The number of nitrogens with zero attached hydrogens (tertiary/aromatic N) is 1. The molecule has 34 heavy (non-hydrogen) atoms. The van der Waals surface area contributed by atoms with Crippen LogP contribution in [0.1, 0.15) is 16.7 Å². The second kappa shape index (κ2) is 10.7. The van der Waals surface area contributed by atoms with E-state index >= 15 is 0 Å². The van der Waals surface area contributed by atoms with E-state index < -0.39 is 5.91 Å². The zero-order valence-corrected chi connectivity index (χ0v) is 22.3. The van der Waals surface area contributed by atoms with Gasteiger partial charge < -0.3 is 19.5 Å². The van der Waals surface area contributed by atoms with Crippen molar-refractivity contribution in [1.82, 2.24) is 0 Å². The number of nitrogens with one attached hydrogen (secondary N) is 1. The maximum absolute atomic E-state index is 12.6. The summed E-state index contributed by atoms with van der Waals surface area (Å²) in [6.07, 6.45) is 1.53. The van der Waals surface area contributed by atoms with Crippen molar-refractivity contribution in [2.75, 3.05) is 12.1 Å². The van der Waals surface area contributed by atoms with Gasteiger partial charge in [-0.2, -0.15) is 5.26 Å². The molecule has 0 aromatic heterocycles. The van der Waals surface area contributed by atoms with Crippen LogP contribution < -0.4 is 19.5 Å². The molecule has 0 aliphatic carbocycles. The number of hydrogen-bond donors (Lipinski definition) is 1. The minimum Gasteiger partial charge on any atom is -0.487 e. The van der Waals surface area contributed by atoms with E-state index in [4.69, 9.17) is 25.8 Å². The maximum atomic E-state index is 12.6. The zero-order chi connectivity index (χ0) is 24.2. The minimum absolute atomic E-state index is 0.0339. The predicted octanol–water partition coefficient (Wildman–Crippen LogP) is 6.87. The normalized spacial score (nSPS) is 12.3. The molecule has 0 fully saturated rings. The van der Waals surface area contributed by atoms with Crippen molar-refractivity contribution < 1.29 is 19.0 Å². The van der Waals surface area contributed by atoms with E-state index in [1.165, 1.54) is 6.08 Å². The number of fused-ring (bicyclic) bond motifs is 1. The second-order valence-electron chi connectivity index (χ2n) is 7.38. The summed E-state index contributed by atoms with van der Waals surface area (Å²) in [5, 5.41) is 12.8. The van der Waals surface area contributed by atoms with Crippen LogP contribution in [0.15, 0.2) is 58.6 Å². The Balaban J connectivity index is 1.48. The van der Waals surface area contributed by atoms with Gasteiger partial charge in [-0.15, -0.1) is 0 Å². The van der Waals surface area contributed by atoms with Gasteiger partial charge in [0.1, 0.15) is 24.0 Å². The highest BCUT2D eigenvalue weighted by molar-refractivity contribution is 14.1. The smallest absolute Gasteiger partial charge is 0.266 e. The Labute approximate surface area is 223 Å². The van der Waals surface area contributed by atoms with Crippen molar-refractivity contribution >= 4 is 67.8 Å². The molecule has 0 radical (unpaired) electrons. The molecule has 0 saturated carbocycles.